The highest BCUT2D eigenvalue weighted by Gasteiger charge is 2.36. The lowest BCUT2D eigenvalue weighted by atomic mass is 9.85. The van der Waals surface area contributed by atoms with E-state index in [1.807, 2.05) is 6.20 Å². The van der Waals surface area contributed by atoms with Crippen molar-refractivity contribution in [2.45, 2.75) is 43.2 Å². The fraction of sp³-hybridized carbons (Fsp3) is 0.667. The number of fused-ring (bicyclic) bond motifs is 1. The van der Waals surface area contributed by atoms with Crippen molar-refractivity contribution in [2.75, 3.05) is 24.3 Å². The number of hydrogen-bond acceptors (Lipinski definition) is 6. The third kappa shape index (κ3) is 3.31. The summed E-state index contributed by atoms with van der Waals surface area (Å²) in [5.41, 5.74) is 0. The van der Waals surface area contributed by atoms with E-state index in [-0.39, 0.29) is 11.7 Å². The van der Waals surface area contributed by atoms with Gasteiger partial charge in [0, 0.05) is 12.6 Å². The highest BCUT2D eigenvalue weighted by atomic mass is 32.2. The quantitative estimate of drug-likeness (QED) is 0.629. The van der Waals surface area contributed by atoms with Crippen LogP contribution in [0.4, 0.5) is 5.82 Å². The Hall–Kier alpha value is -1.30. The number of ether oxygens (including phenoxy) is 1. The smallest absolute Gasteiger partial charge is 0.316 e. The molecule has 21 heavy (non-hydrogen) atoms. The van der Waals surface area contributed by atoms with Gasteiger partial charge in [-0.25, -0.2) is 4.98 Å². The highest BCUT2D eigenvalue weighted by molar-refractivity contribution is 7.99. The van der Waals surface area contributed by atoms with Crippen LogP contribution in [0.3, 0.4) is 0 Å². The van der Waals surface area contributed by atoms with Gasteiger partial charge in [-0.2, -0.15) is 0 Å². The van der Waals surface area contributed by atoms with E-state index in [0.29, 0.717) is 6.04 Å². The van der Waals surface area contributed by atoms with Gasteiger partial charge in [-0.15, -0.1) is 0 Å². The van der Waals surface area contributed by atoms with E-state index in [0.717, 1.165) is 23.3 Å². The molecule has 3 rings (SSSR count). The van der Waals surface area contributed by atoms with Gasteiger partial charge in [0.05, 0.1) is 25.3 Å². The summed E-state index contributed by atoms with van der Waals surface area (Å²) in [4.78, 5) is 22.6. The number of esters is 1. The first-order valence-corrected chi connectivity index (χ1v) is 8.55. The molecule has 0 amide bonds. The molecule has 0 bridgehead atoms. The van der Waals surface area contributed by atoms with Crippen molar-refractivity contribution >= 4 is 23.5 Å². The van der Waals surface area contributed by atoms with Crippen LogP contribution in [0, 0.1) is 5.92 Å². The molecule has 0 N–H and O–H groups in total. The highest BCUT2D eigenvalue weighted by Crippen LogP contribution is 2.38. The number of methoxy groups -OCH3 is 1. The predicted molar refractivity (Wildman–Crippen MR) is 82.5 cm³/mol. The lowest BCUT2D eigenvalue weighted by Gasteiger charge is -2.32. The number of nitrogens with zero attached hydrogens (tertiary/aromatic N) is 3. The number of thioether (sulfide) groups is 1. The van der Waals surface area contributed by atoms with Crippen molar-refractivity contribution in [2.24, 2.45) is 5.92 Å². The molecule has 114 valence electrons. The number of hydrogen-bond donors (Lipinski definition) is 0. The van der Waals surface area contributed by atoms with Gasteiger partial charge in [-0.05, 0) is 25.2 Å². The van der Waals surface area contributed by atoms with E-state index >= 15 is 0 Å². The fourth-order valence-corrected chi connectivity index (χ4v) is 4.11. The average molecular weight is 307 g/mol. The van der Waals surface area contributed by atoms with Gasteiger partial charge in [0.15, 0.2) is 0 Å². The number of anilines is 1. The zero-order chi connectivity index (χ0) is 14.7. The Bertz CT molecular complexity index is 511. The van der Waals surface area contributed by atoms with Crippen LogP contribution in [0.1, 0.15) is 32.1 Å². The summed E-state index contributed by atoms with van der Waals surface area (Å²) in [5.74, 6) is 1.83. The molecule has 1 aliphatic carbocycles. The lowest BCUT2D eigenvalue weighted by molar-refractivity contribution is -0.137. The Labute approximate surface area is 129 Å². The second kappa shape index (κ2) is 6.64. The van der Waals surface area contributed by atoms with Crippen LogP contribution in [-0.2, 0) is 9.53 Å². The minimum atomic E-state index is -0.235. The standard InChI is InChI=1S/C15H21N3O2S/c1-20-15(19)10-21-14-9-16-8-13(17-14)18-7-6-11-4-2-3-5-12(11)18/h8-9,11-12H,2-7,10H2,1H3. The summed E-state index contributed by atoms with van der Waals surface area (Å²) in [6, 6.07) is 0.633. The van der Waals surface area contributed by atoms with E-state index < -0.39 is 0 Å². The zero-order valence-corrected chi connectivity index (χ0v) is 13.1. The maximum atomic E-state index is 11.2. The second-order valence-corrected chi connectivity index (χ2v) is 6.67. The molecule has 5 nitrogen and oxygen atoms in total. The van der Waals surface area contributed by atoms with Gasteiger partial charge in [-0.3, -0.25) is 9.78 Å². The van der Waals surface area contributed by atoms with E-state index in [2.05, 4.69) is 19.6 Å². The summed E-state index contributed by atoms with van der Waals surface area (Å²) in [6.07, 6.45) is 10.1. The van der Waals surface area contributed by atoms with Crippen LogP contribution in [0.15, 0.2) is 17.4 Å². The average Bonchev–Trinajstić information content (AvgIpc) is 2.97. The molecule has 2 atom stereocenters. The van der Waals surface area contributed by atoms with Crippen molar-refractivity contribution in [3.63, 3.8) is 0 Å². The molecule has 6 heteroatoms. The molecular formula is C15H21N3O2S. The number of carbonyl (C=O) groups is 1. The van der Waals surface area contributed by atoms with Gasteiger partial charge in [0.25, 0.3) is 0 Å². The third-order valence-electron chi connectivity index (χ3n) is 4.47. The first-order valence-electron chi connectivity index (χ1n) is 7.56. The van der Waals surface area contributed by atoms with E-state index in [4.69, 9.17) is 0 Å². The molecule has 1 saturated carbocycles. The predicted octanol–water partition coefficient (Wildman–Crippen LogP) is 2.51. The van der Waals surface area contributed by atoms with Gasteiger partial charge in [0.2, 0.25) is 0 Å². The van der Waals surface area contributed by atoms with Crippen LogP contribution in [0.5, 0.6) is 0 Å². The Balaban J connectivity index is 1.69. The molecule has 1 aromatic rings. The minimum absolute atomic E-state index is 0.235. The maximum Gasteiger partial charge on any atom is 0.316 e. The minimum Gasteiger partial charge on any atom is -0.468 e. The number of aromatic nitrogens is 2. The molecule has 0 radical (unpaired) electrons. The normalized spacial score (nSPS) is 24.7. The first-order chi connectivity index (χ1) is 10.3. The van der Waals surface area contributed by atoms with Crippen molar-refractivity contribution < 1.29 is 9.53 Å². The molecule has 0 spiro atoms. The second-order valence-electron chi connectivity index (χ2n) is 5.67. The SMILES string of the molecule is COC(=O)CSc1cncc(N2CCC3CCCCC32)n1. The Morgan fingerprint density at radius 2 is 2.24 bits per heavy atom. The van der Waals surface area contributed by atoms with Crippen molar-refractivity contribution in [3.05, 3.63) is 12.4 Å². The van der Waals surface area contributed by atoms with Gasteiger partial charge in [0.1, 0.15) is 10.8 Å². The van der Waals surface area contributed by atoms with Gasteiger partial charge in [-0.1, -0.05) is 24.6 Å². The summed E-state index contributed by atoms with van der Waals surface area (Å²) < 4.78 is 4.65. The first kappa shape index (κ1) is 14.6. The summed E-state index contributed by atoms with van der Waals surface area (Å²) in [5, 5.41) is 0.789. The number of rotatable bonds is 4. The molecular weight excluding hydrogens is 286 g/mol. The van der Waals surface area contributed by atoms with E-state index in [1.54, 1.807) is 6.20 Å². The Morgan fingerprint density at radius 1 is 1.38 bits per heavy atom. The van der Waals surface area contributed by atoms with Crippen LogP contribution in [0.2, 0.25) is 0 Å². The molecule has 2 unspecified atom stereocenters. The lowest BCUT2D eigenvalue weighted by Crippen LogP contribution is -2.35. The third-order valence-corrected chi connectivity index (χ3v) is 5.34. The van der Waals surface area contributed by atoms with Gasteiger partial charge < -0.3 is 9.64 Å². The van der Waals surface area contributed by atoms with Crippen LogP contribution in [0.25, 0.3) is 0 Å². The molecule has 2 aliphatic rings. The van der Waals surface area contributed by atoms with Crippen LogP contribution < -0.4 is 4.90 Å². The largest absolute Gasteiger partial charge is 0.468 e. The molecule has 2 heterocycles. The molecule has 1 aliphatic heterocycles. The zero-order valence-electron chi connectivity index (χ0n) is 12.3. The van der Waals surface area contributed by atoms with Crippen LogP contribution >= 0.6 is 11.8 Å². The Kier molecular flexibility index (Phi) is 4.63. The monoisotopic (exact) mass is 307 g/mol. The van der Waals surface area contributed by atoms with Crippen molar-refractivity contribution in [3.8, 4) is 0 Å². The van der Waals surface area contributed by atoms with E-state index in [9.17, 15) is 4.79 Å². The molecule has 1 aromatic heterocycles. The molecule has 2 fully saturated rings. The summed E-state index contributed by atoms with van der Waals surface area (Å²) in [7, 11) is 1.40. The van der Waals surface area contributed by atoms with Crippen molar-refractivity contribution in [1.29, 1.82) is 0 Å². The topological polar surface area (TPSA) is 55.3 Å². The number of carbonyl (C=O) groups excluding carboxylic acids is 1. The van der Waals surface area contributed by atoms with Crippen LogP contribution in [-0.4, -0.2) is 41.4 Å². The molecule has 0 aromatic carbocycles. The van der Waals surface area contributed by atoms with Crippen molar-refractivity contribution in [1.82, 2.24) is 9.97 Å². The Morgan fingerprint density at radius 3 is 3.10 bits per heavy atom. The molecule has 1 saturated heterocycles. The van der Waals surface area contributed by atoms with Gasteiger partial charge >= 0.3 is 5.97 Å². The maximum absolute atomic E-state index is 11.2. The fourth-order valence-electron chi connectivity index (χ4n) is 3.43. The van der Waals surface area contributed by atoms with E-state index in [1.165, 1.54) is 51.0 Å². The summed E-state index contributed by atoms with van der Waals surface area (Å²) >= 11 is 1.38. The summed E-state index contributed by atoms with van der Waals surface area (Å²) in [6.45, 7) is 1.08.